The minimum Gasteiger partial charge on any atom is -0.387 e. The first kappa shape index (κ1) is 14.8. The highest BCUT2D eigenvalue weighted by Gasteiger charge is 2.32. The number of hydrogen-bond acceptors (Lipinski definition) is 2. The molecular weight excluding hydrogens is 274 g/mol. The van der Waals surface area contributed by atoms with Gasteiger partial charge in [-0.2, -0.15) is 0 Å². The molecule has 0 saturated carbocycles. The number of aliphatic hydroxyl groups excluding tert-OH is 1. The molecule has 2 unspecified atom stereocenters. The standard InChI is InChI=1S/C19H21NO2/c21-18(16-9-5-2-6-10-16)14-20-12-11-17(19(20)22)13-15-7-3-1-4-8-15/h1-10,17-18,21H,11-14H2. The third kappa shape index (κ3) is 3.37. The molecule has 1 aliphatic heterocycles. The van der Waals surface area contributed by atoms with E-state index in [0.29, 0.717) is 6.54 Å². The molecule has 1 amide bonds. The summed E-state index contributed by atoms with van der Waals surface area (Å²) >= 11 is 0. The highest BCUT2D eigenvalue weighted by molar-refractivity contribution is 5.81. The second-order valence-corrected chi connectivity index (χ2v) is 5.89. The number of carbonyl (C=O) groups is 1. The second-order valence-electron chi connectivity index (χ2n) is 5.89. The van der Waals surface area contributed by atoms with Crippen LogP contribution in [0.2, 0.25) is 0 Å². The molecule has 2 aromatic carbocycles. The number of nitrogens with zero attached hydrogens (tertiary/aromatic N) is 1. The van der Waals surface area contributed by atoms with Crippen LogP contribution in [0, 0.1) is 5.92 Å². The lowest BCUT2D eigenvalue weighted by Crippen LogP contribution is -2.32. The normalized spacial score (nSPS) is 19.4. The third-order valence-electron chi connectivity index (χ3n) is 4.31. The highest BCUT2D eigenvalue weighted by Crippen LogP contribution is 2.24. The Morgan fingerprint density at radius 1 is 1.05 bits per heavy atom. The van der Waals surface area contributed by atoms with E-state index in [2.05, 4.69) is 12.1 Å². The van der Waals surface area contributed by atoms with Crippen molar-refractivity contribution in [3.05, 3.63) is 71.8 Å². The Balaban J connectivity index is 1.59. The van der Waals surface area contributed by atoms with Crippen molar-refractivity contribution in [1.82, 2.24) is 4.90 Å². The van der Waals surface area contributed by atoms with Gasteiger partial charge in [-0.1, -0.05) is 60.7 Å². The zero-order valence-electron chi connectivity index (χ0n) is 12.6. The van der Waals surface area contributed by atoms with E-state index in [1.165, 1.54) is 5.56 Å². The van der Waals surface area contributed by atoms with E-state index in [1.54, 1.807) is 4.90 Å². The van der Waals surface area contributed by atoms with Crippen LogP contribution < -0.4 is 0 Å². The molecule has 22 heavy (non-hydrogen) atoms. The molecule has 0 spiro atoms. The molecule has 3 nitrogen and oxygen atoms in total. The van der Waals surface area contributed by atoms with Gasteiger partial charge in [0.15, 0.2) is 0 Å². The van der Waals surface area contributed by atoms with Crippen LogP contribution in [-0.4, -0.2) is 29.0 Å². The summed E-state index contributed by atoms with van der Waals surface area (Å²) in [5, 5.41) is 10.3. The molecule has 1 N–H and O–H groups in total. The molecule has 0 radical (unpaired) electrons. The fourth-order valence-electron chi connectivity index (χ4n) is 3.06. The molecule has 2 aromatic rings. The van der Waals surface area contributed by atoms with Crippen molar-refractivity contribution in [2.24, 2.45) is 5.92 Å². The molecule has 0 bridgehead atoms. The fraction of sp³-hybridized carbons (Fsp3) is 0.316. The van der Waals surface area contributed by atoms with Gasteiger partial charge < -0.3 is 10.0 Å². The Hall–Kier alpha value is -2.13. The van der Waals surface area contributed by atoms with E-state index in [4.69, 9.17) is 0 Å². The van der Waals surface area contributed by atoms with Gasteiger partial charge in [-0.25, -0.2) is 0 Å². The molecule has 1 saturated heterocycles. The largest absolute Gasteiger partial charge is 0.387 e. The first-order chi connectivity index (χ1) is 10.7. The number of hydrogen-bond donors (Lipinski definition) is 1. The summed E-state index contributed by atoms with van der Waals surface area (Å²) in [7, 11) is 0. The molecule has 1 fully saturated rings. The van der Waals surface area contributed by atoms with E-state index < -0.39 is 6.10 Å². The van der Waals surface area contributed by atoms with Crippen molar-refractivity contribution in [2.75, 3.05) is 13.1 Å². The maximum Gasteiger partial charge on any atom is 0.226 e. The lowest BCUT2D eigenvalue weighted by Gasteiger charge is -2.21. The van der Waals surface area contributed by atoms with Gasteiger partial charge in [-0.15, -0.1) is 0 Å². The van der Waals surface area contributed by atoms with Crippen molar-refractivity contribution in [3.63, 3.8) is 0 Å². The summed E-state index contributed by atoms with van der Waals surface area (Å²) in [6, 6.07) is 19.7. The number of carbonyl (C=O) groups excluding carboxylic acids is 1. The van der Waals surface area contributed by atoms with Crippen LogP contribution in [-0.2, 0) is 11.2 Å². The summed E-state index contributed by atoms with van der Waals surface area (Å²) in [6.07, 6.45) is 1.05. The Morgan fingerprint density at radius 2 is 1.68 bits per heavy atom. The SMILES string of the molecule is O=C1C(Cc2ccccc2)CCN1CC(O)c1ccccc1. The number of amides is 1. The number of rotatable bonds is 5. The molecule has 0 aromatic heterocycles. The summed E-state index contributed by atoms with van der Waals surface area (Å²) < 4.78 is 0. The number of benzene rings is 2. The summed E-state index contributed by atoms with van der Waals surface area (Å²) in [5.41, 5.74) is 2.06. The van der Waals surface area contributed by atoms with Crippen LogP contribution in [0.25, 0.3) is 0 Å². The van der Waals surface area contributed by atoms with Crippen molar-refractivity contribution in [3.8, 4) is 0 Å². The van der Waals surface area contributed by atoms with E-state index in [0.717, 1.165) is 24.9 Å². The van der Waals surface area contributed by atoms with Crippen LogP contribution in [0.5, 0.6) is 0 Å². The zero-order valence-corrected chi connectivity index (χ0v) is 12.6. The van der Waals surface area contributed by atoms with Gasteiger partial charge in [0.05, 0.1) is 12.6 Å². The van der Waals surface area contributed by atoms with E-state index in [9.17, 15) is 9.90 Å². The van der Waals surface area contributed by atoms with Gasteiger partial charge in [0.25, 0.3) is 0 Å². The Bertz CT molecular complexity index is 612. The summed E-state index contributed by atoms with van der Waals surface area (Å²) in [5.74, 6) is 0.212. The summed E-state index contributed by atoms with van der Waals surface area (Å²) in [4.78, 5) is 14.3. The first-order valence-corrected chi connectivity index (χ1v) is 7.80. The highest BCUT2D eigenvalue weighted by atomic mass is 16.3. The van der Waals surface area contributed by atoms with Crippen molar-refractivity contribution in [1.29, 1.82) is 0 Å². The van der Waals surface area contributed by atoms with Crippen LogP contribution in [0.4, 0.5) is 0 Å². The van der Waals surface area contributed by atoms with E-state index in [-0.39, 0.29) is 11.8 Å². The predicted octanol–water partition coefficient (Wildman–Crippen LogP) is 2.81. The Kier molecular flexibility index (Phi) is 4.54. The zero-order chi connectivity index (χ0) is 15.4. The molecular formula is C19H21NO2. The van der Waals surface area contributed by atoms with Gasteiger partial charge in [-0.3, -0.25) is 4.79 Å². The summed E-state index contributed by atoms with van der Waals surface area (Å²) in [6.45, 7) is 1.12. The second kappa shape index (κ2) is 6.75. The average molecular weight is 295 g/mol. The topological polar surface area (TPSA) is 40.5 Å². The Morgan fingerprint density at radius 3 is 2.36 bits per heavy atom. The quantitative estimate of drug-likeness (QED) is 0.921. The van der Waals surface area contributed by atoms with Gasteiger partial charge in [0.1, 0.15) is 0 Å². The smallest absolute Gasteiger partial charge is 0.226 e. The minimum absolute atomic E-state index is 0.0466. The van der Waals surface area contributed by atoms with Gasteiger partial charge in [-0.05, 0) is 24.0 Å². The molecule has 1 aliphatic rings. The minimum atomic E-state index is -0.611. The maximum atomic E-state index is 12.5. The lowest BCUT2D eigenvalue weighted by atomic mass is 9.98. The number of likely N-dealkylation sites (tertiary alicyclic amines) is 1. The van der Waals surface area contributed by atoms with Crippen molar-refractivity contribution < 1.29 is 9.90 Å². The van der Waals surface area contributed by atoms with Crippen molar-refractivity contribution in [2.45, 2.75) is 18.9 Å². The van der Waals surface area contributed by atoms with Gasteiger partial charge in [0, 0.05) is 12.5 Å². The molecule has 3 heteroatoms. The van der Waals surface area contributed by atoms with Crippen LogP contribution in [0.1, 0.15) is 23.7 Å². The van der Waals surface area contributed by atoms with Gasteiger partial charge >= 0.3 is 0 Å². The fourth-order valence-corrected chi connectivity index (χ4v) is 3.06. The molecule has 2 atom stereocenters. The monoisotopic (exact) mass is 295 g/mol. The predicted molar refractivity (Wildman–Crippen MR) is 86.2 cm³/mol. The van der Waals surface area contributed by atoms with Gasteiger partial charge in [0.2, 0.25) is 5.91 Å². The first-order valence-electron chi connectivity index (χ1n) is 7.80. The number of β-amino-alcohol motifs (C(OH)–C–C–N with tert-alkyl or cyclic N) is 1. The molecule has 0 aliphatic carbocycles. The Labute approximate surface area is 131 Å². The molecule has 114 valence electrons. The van der Waals surface area contributed by atoms with Crippen LogP contribution in [0.3, 0.4) is 0 Å². The average Bonchev–Trinajstić information content (AvgIpc) is 2.90. The number of aliphatic hydroxyl groups is 1. The van der Waals surface area contributed by atoms with Crippen molar-refractivity contribution >= 4 is 5.91 Å². The van der Waals surface area contributed by atoms with Crippen LogP contribution in [0.15, 0.2) is 60.7 Å². The van der Waals surface area contributed by atoms with E-state index in [1.807, 2.05) is 48.5 Å². The molecule has 3 rings (SSSR count). The third-order valence-corrected chi connectivity index (χ3v) is 4.31. The molecule has 1 heterocycles. The van der Waals surface area contributed by atoms with E-state index >= 15 is 0 Å². The van der Waals surface area contributed by atoms with Crippen LogP contribution >= 0.6 is 0 Å². The lowest BCUT2D eigenvalue weighted by molar-refractivity contribution is -0.132. The maximum absolute atomic E-state index is 12.5.